The van der Waals surface area contributed by atoms with E-state index in [9.17, 15) is 18.0 Å². The lowest BCUT2D eigenvalue weighted by molar-refractivity contribution is -0.123. The van der Waals surface area contributed by atoms with E-state index >= 15 is 0 Å². The van der Waals surface area contributed by atoms with Crippen molar-refractivity contribution in [2.75, 3.05) is 23.0 Å². The average molecular weight is 345 g/mol. The third kappa shape index (κ3) is 4.45. The number of sulfone groups is 1. The van der Waals surface area contributed by atoms with Gasteiger partial charge in [0.15, 0.2) is 9.84 Å². The molecule has 1 aliphatic heterocycles. The topological polar surface area (TPSA) is 83.6 Å². The molecule has 0 radical (unpaired) electrons. The minimum absolute atomic E-state index is 0.0457. The van der Waals surface area contributed by atoms with Gasteiger partial charge in [0, 0.05) is 23.7 Å². The van der Waals surface area contributed by atoms with Crippen molar-refractivity contribution < 1.29 is 18.0 Å². The number of hydrogen-bond donors (Lipinski definition) is 1. The van der Waals surface area contributed by atoms with Crippen LogP contribution in [-0.2, 0) is 19.4 Å². The van der Waals surface area contributed by atoms with Gasteiger partial charge in [0.25, 0.3) is 0 Å². The normalized spacial score (nSPS) is 19.6. The van der Waals surface area contributed by atoms with E-state index in [4.69, 9.17) is 11.6 Å². The number of halogens is 1. The van der Waals surface area contributed by atoms with Gasteiger partial charge in [-0.3, -0.25) is 9.59 Å². The summed E-state index contributed by atoms with van der Waals surface area (Å²) in [5.74, 6) is -0.646. The van der Waals surface area contributed by atoms with E-state index < -0.39 is 15.7 Å². The Labute approximate surface area is 134 Å². The first-order valence-electron chi connectivity index (χ1n) is 6.80. The highest BCUT2D eigenvalue weighted by Gasteiger charge is 2.29. The van der Waals surface area contributed by atoms with Crippen molar-refractivity contribution in [3.63, 3.8) is 0 Å². The summed E-state index contributed by atoms with van der Waals surface area (Å²) in [6.07, 6.45) is 0.408. The Morgan fingerprint density at radius 2 is 2.14 bits per heavy atom. The number of anilines is 1. The Balaban J connectivity index is 2.02. The van der Waals surface area contributed by atoms with Crippen molar-refractivity contribution in [1.82, 2.24) is 5.32 Å². The molecule has 0 saturated carbocycles. The molecule has 22 heavy (non-hydrogen) atoms. The SMILES string of the molecule is CC(=O)N(CC(=O)NC1CCS(=O)(=O)C1)c1cccc(Cl)c1. The molecular weight excluding hydrogens is 328 g/mol. The fourth-order valence-electron chi connectivity index (χ4n) is 2.35. The Morgan fingerprint density at radius 3 is 2.68 bits per heavy atom. The van der Waals surface area contributed by atoms with Gasteiger partial charge >= 0.3 is 0 Å². The number of nitrogens with one attached hydrogen (secondary N) is 1. The molecule has 1 aliphatic rings. The van der Waals surface area contributed by atoms with Gasteiger partial charge in [-0.2, -0.15) is 0 Å². The summed E-state index contributed by atoms with van der Waals surface area (Å²) < 4.78 is 22.8. The maximum Gasteiger partial charge on any atom is 0.240 e. The van der Waals surface area contributed by atoms with E-state index in [0.717, 1.165) is 0 Å². The first-order chi connectivity index (χ1) is 10.3. The number of benzene rings is 1. The van der Waals surface area contributed by atoms with Crippen LogP contribution in [0, 0.1) is 0 Å². The van der Waals surface area contributed by atoms with Crippen LogP contribution in [0.15, 0.2) is 24.3 Å². The summed E-state index contributed by atoms with van der Waals surface area (Å²) in [4.78, 5) is 25.1. The second kappa shape index (κ2) is 6.66. The monoisotopic (exact) mass is 344 g/mol. The molecule has 120 valence electrons. The Hall–Kier alpha value is -1.60. The summed E-state index contributed by atoms with van der Waals surface area (Å²) in [5, 5.41) is 3.12. The van der Waals surface area contributed by atoms with Gasteiger partial charge in [-0.25, -0.2) is 8.42 Å². The lowest BCUT2D eigenvalue weighted by Crippen LogP contribution is -2.44. The van der Waals surface area contributed by atoms with Crippen LogP contribution in [0.25, 0.3) is 0 Å². The quantitative estimate of drug-likeness (QED) is 0.883. The van der Waals surface area contributed by atoms with Crippen LogP contribution >= 0.6 is 11.6 Å². The molecule has 2 rings (SSSR count). The number of rotatable bonds is 4. The van der Waals surface area contributed by atoms with E-state index in [1.54, 1.807) is 24.3 Å². The molecule has 1 heterocycles. The zero-order valence-electron chi connectivity index (χ0n) is 12.1. The first-order valence-corrected chi connectivity index (χ1v) is 9.00. The number of carbonyl (C=O) groups is 2. The molecule has 2 amide bonds. The lowest BCUT2D eigenvalue weighted by Gasteiger charge is -2.22. The van der Waals surface area contributed by atoms with Crippen LogP contribution in [0.2, 0.25) is 5.02 Å². The van der Waals surface area contributed by atoms with Crippen LogP contribution in [0.1, 0.15) is 13.3 Å². The van der Waals surface area contributed by atoms with Crippen LogP contribution in [0.3, 0.4) is 0 Å². The van der Waals surface area contributed by atoms with Crippen molar-refractivity contribution in [1.29, 1.82) is 0 Å². The van der Waals surface area contributed by atoms with E-state index in [-0.39, 0.29) is 30.0 Å². The smallest absolute Gasteiger partial charge is 0.240 e. The van der Waals surface area contributed by atoms with Gasteiger partial charge in [-0.05, 0) is 24.6 Å². The van der Waals surface area contributed by atoms with Crippen LogP contribution in [0.4, 0.5) is 5.69 Å². The molecule has 0 spiro atoms. The van der Waals surface area contributed by atoms with E-state index in [1.165, 1.54) is 11.8 Å². The van der Waals surface area contributed by atoms with Crippen molar-refractivity contribution in [3.8, 4) is 0 Å². The summed E-state index contributed by atoms with van der Waals surface area (Å²) in [7, 11) is -3.06. The number of hydrogen-bond acceptors (Lipinski definition) is 4. The molecule has 0 aromatic heterocycles. The van der Waals surface area contributed by atoms with E-state index in [0.29, 0.717) is 17.1 Å². The van der Waals surface area contributed by atoms with Gasteiger partial charge in [0.05, 0.1) is 11.5 Å². The zero-order chi connectivity index (χ0) is 16.3. The lowest BCUT2D eigenvalue weighted by atomic mass is 10.2. The van der Waals surface area contributed by atoms with Gasteiger partial charge in [0.1, 0.15) is 6.54 Å². The standard InChI is InChI=1S/C14H17ClN2O4S/c1-10(18)17(13-4-2-3-11(15)7-13)8-14(19)16-12-5-6-22(20,21)9-12/h2-4,7,12H,5-6,8-9H2,1H3,(H,16,19). The first kappa shape index (κ1) is 16.8. The third-order valence-corrected chi connectivity index (χ3v) is 5.40. The second-order valence-corrected chi connectivity index (χ2v) is 7.92. The fourth-order valence-corrected chi connectivity index (χ4v) is 4.21. The molecule has 1 aromatic rings. The molecule has 6 nitrogen and oxygen atoms in total. The Bertz CT molecular complexity index is 690. The highest BCUT2D eigenvalue weighted by atomic mass is 35.5. The average Bonchev–Trinajstić information content (AvgIpc) is 2.74. The van der Waals surface area contributed by atoms with Crippen molar-refractivity contribution in [3.05, 3.63) is 29.3 Å². The maximum atomic E-state index is 12.1. The van der Waals surface area contributed by atoms with Gasteiger partial charge < -0.3 is 10.2 Å². The molecule has 1 N–H and O–H groups in total. The molecule has 8 heteroatoms. The van der Waals surface area contributed by atoms with E-state index in [1.807, 2.05) is 0 Å². The molecule has 1 aromatic carbocycles. The number of carbonyl (C=O) groups excluding carboxylic acids is 2. The molecule has 1 unspecified atom stereocenters. The summed E-state index contributed by atoms with van der Waals surface area (Å²) >= 11 is 5.89. The maximum absolute atomic E-state index is 12.1. The fraction of sp³-hybridized carbons (Fsp3) is 0.429. The van der Waals surface area contributed by atoms with Crippen molar-refractivity contribution >= 4 is 38.9 Å². The largest absolute Gasteiger partial charge is 0.351 e. The highest BCUT2D eigenvalue weighted by molar-refractivity contribution is 7.91. The van der Waals surface area contributed by atoms with Crippen LogP contribution in [-0.4, -0.2) is 44.3 Å². The Morgan fingerprint density at radius 1 is 1.41 bits per heavy atom. The number of nitrogens with zero attached hydrogens (tertiary/aromatic N) is 1. The van der Waals surface area contributed by atoms with Crippen LogP contribution < -0.4 is 10.2 Å². The molecular formula is C14H17ClN2O4S. The second-order valence-electron chi connectivity index (χ2n) is 5.25. The molecule has 0 bridgehead atoms. The minimum atomic E-state index is -3.06. The molecule has 1 atom stereocenters. The van der Waals surface area contributed by atoms with Gasteiger partial charge in [-0.1, -0.05) is 17.7 Å². The molecule has 1 fully saturated rings. The third-order valence-electron chi connectivity index (χ3n) is 3.40. The van der Waals surface area contributed by atoms with Gasteiger partial charge in [0.2, 0.25) is 11.8 Å². The van der Waals surface area contributed by atoms with Gasteiger partial charge in [-0.15, -0.1) is 0 Å². The van der Waals surface area contributed by atoms with Crippen molar-refractivity contribution in [2.24, 2.45) is 0 Å². The summed E-state index contributed by atoms with van der Waals surface area (Å²) in [5.41, 5.74) is 0.522. The predicted molar refractivity (Wildman–Crippen MR) is 84.7 cm³/mol. The number of amides is 2. The van der Waals surface area contributed by atoms with Crippen molar-refractivity contribution in [2.45, 2.75) is 19.4 Å². The summed E-state index contributed by atoms with van der Waals surface area (Å²) in [6, 6.07) is 6.25. The molecule has 0 aliphatic carbocycles. The molecule has 1 saturated heterocycles. The minimum Gasteiger partial charge on any atom is -0.351 e. The predicted octanol–water partition coefficient (Wildman–Crippen LogP) is 0.996. The van der Waals surface area contributed by atoms with E-state index in [2.05, 4.69) is 5.32 Å². The highest BCUT2D eigenvalue weighted by Crippen LogP contribution is 2.19. The summed E-state index contributed by atoms with van der Waals surface area (Å²) in [6.45, 7) is 1.18. The Kier molecular flexibility index (Phi) is 5.08. The van der Waals surface area contributed by atoms with Crippen LogP contribution in [0.5, 0.6) is 0 Å². The zero-order valence-corrected chi connectivity index (χ0v) is 13.7.